The highest BCUT2D eigenvalue weighted by atomic mass is 16.5. The summed E-state index contributed by atoms with van der Waals surface area (Å²) in [6.07, 6.45) is 3.74. The summed E-state index contributed by atoms with van der Waals surface area (Å²) in [5.74, 6) is 0.684. The standard InChI is InChI=1S/C9H21NO/c1-4-8(5-2)9(11-3)6-7-10/h8-9H,4-7,10H2,1-3H3. The quantitative estimate of drug-likeness (QED) is 0.641. The van der Waals surface area contributed by atoms with Crippen molar-refractivity contribution in [1.82, 2.24) is 0 Å². The molecule has 1 unspecified atom stereocenters. The van der Waals surface area contributed by atoms with E-state index in [0.29, 0.717) is 12.0 Å². The molecular formula is C9H21NO. The Kier molecular flexibility index (Phi) is 6.57. The second-order valence-electron chi connectivity index (χ2n) is 2.93. The van der Waals surface area contributed by atoms with Crippen LogP contribution in [0.25, 0.3) is 0 Å². The lowest BCUT2D eigenvalue weighted by molar-refractivity contribution is 0.0440. The highest BCUT2D eigenvalue weighted by Crippen LogP contribution is 2.17. The fourth-order valence-electron chi connectivity index (χ4n) is 1.52. The monoisotopic (exact) mass is 159 g/mol. The Bertz CT molecular complexity index is 81.6. The van der Waals surface area contributed by atoms with Crippen LogP contribution in [0.3, 0.4) is 0 Å². The summed E-state index contributed by atoms with van der Waals surface area (Å²) in [7, 11) is 1.78. The number of nitrogens with two attached hydrogens (primary N) is 1. The fourth-order valence-corrected chi connectivity index (χ4v) is 1.52. The molecule has 2 N–H and O–H groups in total. The molecule has 0 saturated carbocycles. The summed E-state index contributed by atoms with van der Waals surface area (Å²) in [6, 6.07) is 0. The number of methoxy groups -OCH3 is 1. The predicted molar refractivity (Wildman–Crippen MR) is 48.5 cm³/mol. The van der Waals surface area contributed by atoms with Crippen LogP contribution < -0.4 is 5.73 Å². The zero-order valence-electron chi connectivity index (χ0n) is 7.97. The maximum Gasteiger partial charge on any atom is 0.0611 e. The summed E-state index contributed by atoms with van der Waals surface area (Å²) in [5.41, 5.74) is 5.47. The van der Waals surface area contributed by atoms with Gasteiger partial charge in [-0.05, 0) is 18.9 Å². The maximum absolute atomic E-state index is 5.47. The normalized spacial score (nSPS) is 13.9. The molecule has 68 valence electrons. The largest absolute Gasteiger partial charge is 0.381 e. The molecule has 0 saturated heterocycles. The van der Waals surface area contributed by atoms with Gasteiger partial charge >= 0.3 is 0 Å². The van der Waals surface area contributed by atoms with E-state index in [1.54, 1.807) is 7.11 Å². The first-order chi connectivity index (χ1) is 5.29. The number of ether oxygens (including phenoxy) is 1. The first kappa shape index (κ1) is 10.9. The van der Waals surface area contributed by atoms with Crippen molar-refractivity contribution < 1.29 is 4.74 Å². The van der Waals surface area contributed by atoms with E-state index >= 15 is 0 Å². The lowest BCUT2D eigenvalue weighted by atomic mass is 9.94. The summed E-state index contributed by atoms with van der Waals surface area (Å²) >= 11 is 0. The van der Waals surface area contributed by atoms with Crippen LogP contribution in [0.2, 0.25) is 0 Å². The molecule has 0 spiro atoms. The van der Waals surface area contributed by atoms with Crippen LogP contribution >= 0.6 is 0 Å². The molecule has 0 aromatic heterocycles. The fraction of sp³-hybridized carbons (Fsp3) is 1.00. The minimum absolute atomic E-state index is 0.370. The van der Waals surface area contributed by atoms with Gasteiger partial charge in [-0.1, -0.05) is 26.7 Å². The van der Waals surface area contributed by atoms with E-state index in [1.165, 1.54) is 12.8 Å². The molecule has 1 atom stereocenters. The second kappa shape index (κ2) is 6.62. The first-order valence-electron chi connectivity index (χ1n) is 4.52. The average molecular weight is 159 g/mol. The molecule has 0 amide bonds. The van der Waals surface area contributed by atoms with Crippen LogP contribution in [0, 0.1) is 5.92 Å². The van der Waals surface area contributed by atoms with Gasteiger partial charge in [-0.25, -0.2) is 0 Å². The van der Waals surface area contributed by atoms with Crippen LogP contribution in [0.15, 0.2) is 0 Å². The van der Waals surface area contributed by atoms with Crippen LogP contribution in [0.1, 0.15) is 33.1 Å². The van der Waals surface area contributed by atoms with Gasteiger partial charge in [-0.3, -0.25) is 0 Å². The lowest BCUT2D eigenvalue weighted by Gasteiger charge is -2.23. The zero-order chi connectivity index (χ0) is 8.69. The van der Waals surface area contributed by atoms with Gasteiger partial charge in [-0.2, -0.15) is 0 Å². The third-order valence-corrected chi connectivity index (χ3v) is 2.33. The van der Waals surface area contributed by atoms with Crippen molar-refractivity contribution in [3.8, 4) is 0 Å². The van der Waals surface area contributed by atoms with E-state index in [9.17, 15) is 0 Å². The van der Waals surface area contributed by atoms with Gasteiger partial charge in [0.2, 0.25) is 0 Å². The Morgan fingerprint density at radius 2 is 1.82 bits per heavy atom. The van der Waals surface area contributed by atoms with E-state index in [1.807, 2.05) is 0 Å². The second-order valence-corrected chi connectivity index (χ2v) is 2.93. The van der Waals surface area contributed by atoms with E-state index < -0.39 is 0 Å². The summed E-state index contributed by atoms with van der Waals surface area (Å²) in [6.45, 7) is 5.14. The molecule has 0 radical (unpaired) electrons. The van der Waals surface area contributed by atoms with Crippen LogP contribution in [0.5, 0.6) is 0 Å². The third kappa shape index (κ3) is 3.73. The molecule has 0 aliphatic heterocycles. The summed E-state index contributed by atoms with van der Waals surface area (Å²) < 4.78 is 5.35. The SMILES string of the molecule is CCC(CC)C(CCN)OC. The van der Waals surface area contributed by atoms with Gasteiger partial charge in [0, 0.05) is 7.11 Å². The molecule has 0 aliphatic rings. The molecule has 0 aliphatic carbocycles. The molecule has 11 heavy (non-hydrogen) atoms. The minimum Gasteiger partial charge on any atom is -0.381 e. The van der Waals surface area contributed by atoms with Gasteiger partial charge < -0.3 is 10.5 Å². The Morgan fingerprint density at radius 1 is 1.27 bits per heavy atom. The van der Waals surface area contributed by atoms with Crippen LogP contribution in [-0.2, 0) is 4.74 Å². The molecule has 0 aromatic rings. The molecule has 0 heterocycles. The molecule has 2 nitrogen and oxygen atoms in total. The van der Waals surface area contributed by atoms with Gasteiger partial charge in [0.05, 0.1) is 6.10 Å². The van der Waals surface area contributed by atoms with E-state index in [-0.39, 0.29) is 0 Å². The lowest BCUT2D eigenvalue weighted by Crippen LogP contribution is -2.24. The maximum atomic E-state index is 5.47. The van der Waals surface area contributed by atoms with Crippen molar-refractivity contribution in [2.24, 2.45) is 11.7 Å². The van der Waals surface area contributed by atoms with Crippen molar-refractivity contribution >= 4 is 0 Å². The first-order valence-corrected chi connectivity index (χ1v) is 4.52. The molecule has 0 fully saturated rings. The molecule has 2 heteroatoms. The Morgan fingerprint density at radius 3 is 2.09 bits per heavy atom. The topological polar surface area (TPSA) is 35.2 Å². The molecule has 0 rings (SSSR count). The van der Waals surface area contributed by atoms with Crippen molar-refractivity contribution in [1.29, 1.82) is 0 Å². The van der Waals surface area contributed by atoms with Gasteiger partial charge in [0.15, 0.2) is 0 Å². The zero-order valence-corrected chi connectivity index (χ0v) is 7.97. The Hall–Kier alpha value is -0.0800. The average Bonchev–Trinajstić information content (AvgIpc) is 2.05. The van der Waals surface area contributed by atoms with Crippen molar-refractivity contribution in [3.63, 3.8) is 0 Å². The Balaban J connectivity index is 3.76. The van der Waals surface area contributed by atoms with Crippen molar-refractivity contribution in [2.75, 3.05) is 13.7 Å². The van der Waals surface area contributed by atoms with Gasteiger partial charge in [0.25, 0.3) is 0 Å². The number of rotatable bonds is 6. The minimum atomic E-state index is 0.370. The highest BCUT2D eigenvalue weighted by molar-refractivity contribution is 4.67. The van der Waals surface area contributed by atoms with E-state index in [2.05, 4.69) is 13.8 Å². The summed E-state index contributed by atoms with van der Waals surface area (Å²) in [5, 5.41) is 0. The smallest absolute Gasteiger partial charge is 0.0611 e. The van der Waals surface area contributed by atoms with E-state index in [0.717, 1.165) is 13.0 Å². The molecular weight excluding hydrogens is 138 g/mol. The van der Waals surface area contributed by atoms with Crippen molar-refractivity contribution in [2.45, 2.75) is 39.2 Å². The summed E-state index contributed by atoms with van der Waals surface area (Å²) in [4.78, 5) is 0. The van der Waals surface area contributed by atoms with Crippen LogP contribution in [-0.4, -0.2) is 19.8 Å². The predicted octanol–water partition coefficient (Wildman–Crippen LogP) is 1.79. The number of hydrogen-bond donors (Lipinski definition) is 1. The number of hydrogen-bond acceptors (Lipinski definition) is 2. The molecule has 0 bridgehead atoms. The highest BCUT2D eigenvalue weighted by Gasteiger charge is 2.16. The van der Waals surface area contributed by atoms with Gasteiger partial charge in [0.1, 0.15) is 0 Å². The van der Waals surface area contributed by atoms with Gasteiger partial charge in [-0.15, -0.1) is 0 Å². The van der Waals surface area contributed by atoms with Crippen LogP contribution in [0.4, 0.5) is 0 Å². The molecule has 0 aromatic carbocycles. The third-order valence-electron chi connectivity index (χ3n) is 2.33. The Labute approximate surface area is 70.1 Å². The van der Waals surface area contributed by atoms with Crippen molar-refractivity contribution in [3.05, 3.63) is 0 Å². The van der Waals surface area contributed by atoms with E-state index in [4.69, 9.17) is 10.5 Å².